The Bertz CT molecular complexity index is 3990. The van der Waals surface area contributed by atoms with Crippen molar-refractivity contribution in [2.75, 3.05) is 0 Å². The van der Waals surface area contributed by atoms with Gasteiger partial charge < -0.3 is 4.42 Å². The molecule has 1 heterocycles. The molecule has 0 fully saturated rings. The zero-order chi connectivity index (χ0) is 51.9. The van der Waals surface area contributed by atoms with E-state index in [-0.39, 0.29) is 0 Å². The van der Waals surface area contributed by atoms with Crippen LogP contribution in [-0.4, -0.2) is 4.98 Å². The average molecular weight is 998 g/mol. The zero-order valence-corrected chi connectivity index (χ0v) is 41.5. The van der Waals surface area contributed by atoms with Crippen LogP contribution in [0.2, 0.25) is 0 Å². The summed E-state index contributed by atoms with van der Waals surface area (Å²) in [6.07, 6.45) is -2.86. The highest BCUT2D eigenvalue weighted by Crippen LogP contribution is 2.59. The molecule has 13 rings (SSSR count). The number of hydrogen-bond donors (Lipinski definition) is 0. The van der Waals surface area contributed by atoms with Crippen LogP contribution in [0.5, 0.6) is 0 Å². The molecule has 77 heavy (non-hydrogen) atoms. The molecular formula is C72H46F3NO. The van der Waals surface area contributed by atoms with Crippen LogP contribution in [0.1, 0.15) is 5.56 Å². The third-order valence-corrected chi connectivity index (χ3v) is 14.6. The van der Waals surface area contributed by atoms with Crippen molar-refractivity contribution in [2.24, 2.45) is 0 Å². The van der Waals surface area contributed by atoms with Crippen molar-refractivity contribution < 1.29 is 17.6 Å². The molecule has 0 aliphatic carbocycles. The Morgan fingerprint density at radius 1 is 0.273 bits per heavy atom. The molecule has 0 aliphatic rings. The third kappa shape index (κ3) is 8.48. The summed E-state index contributed by atoms with van der Waals surface area (Å²) in [5.41, 5.74) is 16.8. The molecule has 0 saturated carbocycles. The van der Waals surface area contributed by atoms with Gasteiger partial charge in [0.05, 0.1) is 17.3 Å². The third-order valence-electron chi connectivity index (χ3n) is 14.6. The van der Waals surface area contributed by atoms with Crippen molar-refractivity contribution in [3.63, 3.8) is 0 Å². The normalized spacial score (nSPS) is 11.6. The Labute approximate surface area is 444 Å². The number of alkyl halides is 3. The van der Waals surface area contributed by atoms with Gasteiger partial charge in [-0.3, -0.25) is 0 Å². The summed E-state index contributed by atoms with van der Waals surface area (Å²) in [6, 6.07) is 92.4. The smallest absolute Gasteiger partial charge is 0.416 e. The Kier molecular flexibility index (Phi) is 12.1. The van der Waals surface area contributed by atoms with Crippen molar-refractivity contribution >= 4 is 21.5 Å². The minimum absolute atomic E-state index is 0.320. The second-order valence-corrected chi connectivity index (χ2v) is 19.1. The standard InChI is InChI=1S/C72H46F3NO/c73-72(74,75)56-43-41-47(42-44-56)59-46-76-71(77-59)70-68-57(60(48-25-9-1-10-26-48)62(50-29-13-3-14-30-50)64(52-33-17-5-18-34-52)66(68)54-37-21-7-22-38-54)45-58-61(49-27-11-2-12-28-49)63(51-31-15-4-16-32-51)65(53-35-19-6-20-36-53)67(69(58)70)55-39-23-8-24-40-55/h1-46H. The molecule has 13 aromatic rings. The predicted octanol–water partition coefficient (Wildman–Crippen LogP) is 20.7. The highest BCUT2D eigenvalue weighted by Gasteiger charge is 2.34. The summed E-state index contributed by atoms with van der Waals surface area (Å²) in [6.45, 7) is 0. The fourth-order valence-electron chi connectivity index (χ4n) is 11.3. The number of halogens is 3. The molecule has 5 heteroatoms. The average Bonchev–Trinajstić information content (AvgIpc) is 4.06. The van der Waals surface area contributed by atoms with Crippen molar-refractivity contribution in [3.05, 3.63) is 285 Å². The summed E-state index contributed by atoms with van der Waals surface area (Å²) < 4.78 is 49.4. The predicted molar refractivity (Wildman–Crippen MR) is 311 cm³/mol. The SMILES string of the molecule is FC(F)(F)c1ccc(-c2cnc(-c3c4c(-c5ccccc5)c(-c5ccccc5)c(-c5ccccc5)c(-c5ccccc5)c4cc4c(-c5ccccc5)c(-c5ccccc5)c(-c5ccccc5)c(-c5ccccc5)c34)o2)cc1. The number of aromatic nitrogens is 1. The van der Waals surface area contributed by atoms with Crippen LogP contribution in [0.3, 0.4) is 0 Å². The minimum atomic E-state index is -4.51. The van der Waals surface area contributed by atoms with Crippen LogP contribution in [0.4, 0.5) is 13.2 Å². The van der Waals surface area contributed by atoms with E-state index < -0.39 is 11.7 Å². The van der Waals surface area contributed by atoms with Crippen LogP contribution >= 0.6 is 0 Å². The first-order valence-corrected chi connectivity index (χ1v) is 25.7. The Balaban J connectivity index is 1.37. The maximum absolute atomic E-state index is 14.1. The molecule has 0 amide bonds. The van der Waals surface area contributed by atoms with E-state index in [1.807, 2.05) is 24.3 Å². The van der Waals surface area contributed by atoms with E-state index >= 15 is 0 Å². The Morgan fingerprint density at radius 2 is 0.545 bits per heavy atom. The summed E-state index contributed by atoms with van der Waals surface area (Å²) in [4.78, 5) is 5.29. The lowest BCUT2D eigenvalue weighted by molar-refractivity contribution is -0.137. The van der Waals surface area contributed by atoms with Gasteiger partial charge in [0.25, 0.3) is 0 Å². The van der Waals surface area contributed by atoms with Crippen LogP contribution in [0.25, 0.3) is 133 Å². The van der Waals surface area contributed by atoms with Crippen LogP contribution in [-0.2, 0) is 6.18 Å². The van der Waals surface area contributed by atoms with E-state index in [0.717, 1.165) is 128 Å². The van der Waals surface area contributed by atoms with E-state index in [0.29, 0.717) is 17.2 Å². The lowest BCUT2D eigenvalue weighted by Crippen LogP contribution is -2.03. The van der Waals surface area contributed by atoms with Crippen LogP contribution in [0.15, 0.2) is 284 Å². The Hall–Kier alpha value is -9.84. The number of oxazole rings is 1. The number of hydrogen-bond acceptors (Lipinski definition) is 2. The second kappa shape index (κ2) is 19.8. The first-order chi connectivity index (χ1) is 37.9. The molecule has 366 valence electrons. The van der Waals surface area contributed by atoms with Gasteiger partial charge in [0.1, 0.15) is 0 Å². The molecule has 2 nitrogen and oxygen atoms in total. The molecule has 0 radical (unpaired) electrons. The van der Waals surface area contributed by atoms with Gasteiger partial charge in [0.2, 0.25) is 5.89 Å². The van der Waals surface area contributed by atoms with E-state index in [1.54, 1.807) is 6.20 Å². The van der Waals surface area contributed by atoms with Gasteiger partial charge in [-0.1, -0.05) is 255 Å². The minimum Gasteiger partial charge on any atom is -0.436 e. The first-order valence-electron chi connectivity index (χ1n) is 25.7. The summed E-state index contributed by atoms with van der Waals surface area (Å²) in [5.74, 6) is 0.655. The fourth-order valence-corrected chi connectivity index (χ4v) is 11.3. The molecule has 0 bridgehead atoms. The van der Waals surface area contributed by atoms with Crippen LogP contribution < -0.4 is 0 Å². The van der Waals surface area contributed by atoms with Gasteiger partial charge >= 0.3 is 6.18 Å². The molecule has 0 unspecified atom stereocenters. The van der Waals surface area contributed by atoms with Crippen molar-refractivity contribution in [1.29, 1.82) is 0 Å². The molecule has 0 aliphatic heterocycles. The highest BCUT2D eigenvalue weighted by atomic mass is 19.4. The quantitative estimate of drug-likeness (QED) is 0.128. The summed E-state index contributed by atoms with van der Waals surface area (Å²) in [5, 5.41) is 3.75. The molecule has 1 aromatic heterocycles. The molecule has 0 saturated heterocycles. The summed E-state index contributed by atoms with van der Waals surface area (Å²) in [7, 11) is 0. The van der Waals surface area contributed by atoms with Crippen molar-refractivity contribution in [3.8, 4) is 112 Å². The lowest BCUT2D eigenvalue weighted by atomic mass is 9.73. The topological polar surface area (TPSA) is 26.0 Å². The maximum atomic E-state index is 14.1. The maximum Gasteiger partial charge on any atom is 0.416 e. The highest BCUT2D eigenvalue weighted by molar-refractivity contribution is 6.32. The van der Waals surface area contributed by atoms with Gasteiger partial charge in [-0.15, -0.1) is 0 Å². The molecule has 0 spiro atoms. The lowest BCUT2D eigenvalue weighted by Gasteiger charge is -2.29. The van der Waals surface area contributed by atoms with E-state index in [4.69, 9.17) is 9.40 Å². The molecule has 0 N–H and O–H groups in total. The number of rotatable bonds is 10. The number of nitrogens with zero attached hydrogens (tertiary/aromatic N) is 1. The van der Waals surface area contributed by atoms with E-state index in [2.05, 4.69) is 224 Å². The first kappa shape index (κ1) is 46.9. The zero-order valence-electron chi connectivity index (χ0n) is 41.5. The van der Waals surface area contributed by atoms with E-state index in [9.17, 15) is 13.2 Å². The van der Waals surface area contributed by atoms with Crippen molar-refractivity contribution in [1.82, 2.24) is 4.98 Å². The van der Waals surface area contributed by atoms with Gasteiger partial charge in [-0.2, -0.15) is 13.2 Å². The van der Waals surface area contributed by atoms with Gasteiger partial charge in [-0.05, 0) is 118 Å². The second-order valence-electron chi connectivity index (χ2n) is 19.1. The molecule has 0 atom stereocenters. The van der Waals surface area contributed by atoms with Gasteiger partial charge in [-0.25, -0.2) is 4.98 Å². The van der Waals surface area contributed by atoms with Crippen LogP contribution in [0, 0.1) is 0 Å². The molecule has 12 aromatic carbocycles. The molecular weight excluding hydrogens is 952 g/mol. The number of fused-ring (bicyclic) bond motifs is 2. The fraction of sp³-hybridized carbons (Fsp3) is 0.0139. The van der Waals surface area contributed by atoms with E-state index in [1.165, 1.54) is 12.1 Å². The van der Waals surface area contributed by atoms with Gasteiger partial charge in [0.15, 0.2) is 5.76 Å². The van der Waals surface area contributed by atoms with Crippen molar-refractivity contribution in [2.45, 2.75) is 6.18 Å². The van der Waals surface area contributed by atoms with Gasteiger partial charge in [0, 0.05) is 16.3 Å². The summed E-state index contributed by atoms with van der Waals surface area (Å²) >= 11 is 0. The number of benzene rings is 12. The largest absolute Gasteiger partial charge is 0.436 e. The Morgan fingerprint density at radius 3 is 0.844 bits per heavy atom. The monoisotopic (exact) mass is 997 g/mol.